The Labute approximate surface area is 82.0 Å². The number of fused-ring (bicyclic) bond motifs is 1. The lowest BCUT2D eigenvalue weighted by molar-refractivity contribution is 0.411. The van der Waals surface area contributed by atoms with Gasteiger partial charge in [-0.15, -0.1) is 11.3 Å². The fourth-order valence-corrected chi connectivity index (χ4v) is 2.30. The van der Waals surface area contributed by atoms with Gasteiger partial charge >= 0.3 is 0 Å². The van der Waals surface area contributed by atoms with E-state index >= 15 is 0 Å². The molecule has 2 rings (SSSR count). The lowest BCUT2D eigenvalue weighted by Crippen LogP contribution is -1.89. The van der Waals surface area contributed by atoms with Gasteiger partial charge in [-0.1, -0.05) is 6.92 Å². The van der Waals surface area contributed by atoms with E-state index in [1.165, 1.54) is 15.6 Å². The molecular formula is C11H12OS. The van der Waals surface area contributed by atoms with E-state index in [-0.39, 0.29) is 0 Å². The zero-order valence-electron chi connectivity index (χ0n) is 7.83. The standard InChI is InChI=1S/C11H12OS/c1-3-8-6-9-4-5-13-11(9)7-10(8)12-2/h4-7H,3H2,1-2H3. The predicted octanol–water partition coefficient (Wildman–Crippen LogP) is 3.47. The first-order valence-electron chi connectivity index (χ1n) is 4.39. The second kappa shape index (κ2) is 3.38. The van der Waals surface area contributed by atoms with Gasteiger partial charge in [0.05, 0.1) is 7.11 Å². The zero-order valence-corrected chi connectivity index (χ0v) is 8.65. The van der Waals surface area contributed by atoms with E-state index < -0.39 is 0 Å². The third kappa shape index (κ3) is 1.42. The molecule has 1 nitrogen and oxygen atoms in total. The van der Waals surface area contributed by atoms with Crippen molar-refractivity contribution in [3.63, 3.8) is 0 Å². The summed E-state index contributed by atoms with van der Waals surface area (Å²) in [6.07, 6.45) is 1.02. The lowest BCUT2D eigenvalue weighted by atomic mass is 10.1. The van der Waals surface area contributed by atoms with E-state index in [0.717, 1.165) is 12.2 Å². The highest BCUT2D eigenvalue weighted by molar-refractivity contribution is 7.17. The largest absolute Gasteiger partial charge is 0.496 e. The Bertz CT molecular complexity index is 379. The van der Waals surface area contributed by atoms with E-state index in [4.69, 9.17) is 4.74 Å². The molecule has 68 valence electrons. The molecule has 1 aromatic carbocycles. The summed E-state index contributed by atoms with van der Waals surface area (Å²) in [5.41, 5.74) is 1.29. The molecule has 2 heteroatoms. The van der Waals surface area contributed by atoms with Crippen LogP contribution in [0.15, 0.2) is 23.6 Å². The molecule has 2 aromatic rings. The highest BCUT2D eigenvalue weighted by Gasteiger charge is 2.03. The molecule has 0 fully saturated rings. The van der Waals surface area contributed by atoms with Gasteiger partial charge < -0.3 is 4.74 Å². The van der Waals surface area contributed by atoms with E-state index in [2.05, 4.69) is 30.5 Å². The Kier molecular flexibility index (Phi) is 2.23. The van der Waals surface area contributed by atoms with Crippen LogP contribution in [0.5, 0.6) is 5.75 Å². The first kappa shape index (κ1) is 8.57. The van der Waals surface area contributed by atoms with Gasteiger partial charge in [0.2, 0.25) is 0 Å². The minimum Gasteiger partial charge on any atom is -0.496 e. The van der Waals surface area contributed by atoms with Crippen LogP contribution in [0.25, 0.3) is 10.1 Å². The van der Waals surface area contributed by atoms with E-state index in [9.17, 15) is 0 Å². The van der Waals surface area contributed by atoms with Crippen LogP contribution in [-0.4, -0.2) is 7.11 Å². The van der Waals surface area contributed by atoms with Gasteiger partial charge in [-0.25, -0.2) is 0 Å². The number of thiophene rings is 1. The van der Waals surface area contributed by atoms with Crippen molar-refractivity contribution in [1.29, 1.82) is 0 Å². The molecule has 0 saturated heterocycles. The molecular weight excluding hydrogens is 180 g/mol. The van der Waals surface area contributed by atoms with Crippen LogP contribution in [0.3, 0.4) is 0 Å². The summed E-state index contributed by atoms with van der Waals surface area (Å²) in [7, 11) is 1.73. The molecule has 1 heterocycles. The molecule has 0 aliphatic carbocycles. The van der Waals surface area contributed by atoms with Crippen molar-refractivity contribution in [2.45, 2.75) is 13.3 Å². The summed E-state index contributed by atoms with van der Waals surface area (Å²) >= 11 is 1.76. The molecule has 0 saturated carbocycles. The van der Waals surface area contributed by atoms with Gasteiger partial charge in [0.1, 0.15) is 5.75 Å². The Hall–Kier alpha value is -1.02. The summed E-state index contributed by atoms with van der Waals surface area (Å²) in [4.78, 5) is 0. The van der Waals surface area contributed by atoms with Crippen molar-refractivity contribution in [2.75, 3.05) is 7.11 Å². The average Bonchev–Trinajstić information content (AvgIpc) is 2.62. The van der Waals surface area contributed by atoms with E-state index in [1.54, 1.807) is 18.4 Å². The van der Waals surface area contributed by atoms with E-state index in [1.807, 2.05) is 0 Å². The fourth-order valence-electron chi connectivity index (χ4n) is 1.50. The number of rotatable bonds is 2. The minimum absolute atomic E-state index is 1.01. The van der Waals surface area contributed by atoms with Crippen molar-refractivity contribution in [2.24, 2.45) is 0 Å². The molecule has 0 bridgehead atoms. The first-order chi connectivity index (χ1) is 6.35. The smallest absolute Gasteiger partial charge is 0.123 e. The number of methoxy groups -OCH3 is 1. The lowest BCUT2D eigenvalue weighted by Gasteiger charge is -2.06. The Morgan fingerprint density at radius 1 is 1.38 bits per heavy atom. The normalized spacial score (nSPS) is 10.6. The van der Waals surface area contributed by atoms with Crippen LogP contribution in [0.2, 0.25) is 0 Å². The predicted molar refractivity (Wildman–Crippen MR) is 57.8 cm³/mol. The number of aryl methyl sites for hydroxylation is 1. The van der Waals surface area contributed by atoms with Gasteiger partial charge in [-0.2, -0.15) is 0 Å². The Morgan fingerprint density at radius 2 is 2.23 bits per heavy atom. The summed E-state index contributed by atoms with van der Waals surface area (Å²) < 4.78 is 6.62. The fraction of sp³-hybridized carbons (Fsp3) is 0.273. The number of hydrogen-bond acceptors (Lipinski definition) is 2. The van der Waals surface area contributed by atoms with Gasteiger partial charge in [-0.05, 0) is 40.9 Å². The Morgan fingerprint density at radius 3 is 2.92 bits per heavy atom. The maximum absolute atomic E-state index is 5.32. The zero-order chi connectivity index (χ0) is 9.26. The van der Waals surface area contributed by atoms with Crippen LogP contribution in [-0.2, 0) is 6.42 Å². The number of benzene rings is 1. The van der Waals surface area contributed by atoms with Crippen LogP contribution in [0.4, 0.5) is 0 Å². The van der Waals surface area contributed by atoms with Gasteiger partial charge in [0, 0.05) is 4.70 Å². The monoisotopic (exact) mass is 192 g/mol. The third-order valence-corrected chi connectivity index (χ3v) is 3.12. The van der Waals surface area contributed by atoms with Crippen molar-refractivity contribution in [3.8, 4) is 5.75 Å². The summed E-state index contributed by atoms with van der Waals surface area (Å²) in [6.45, 7) is 2.15. The highest BCUT2D eigenvalue weighted by atomic mass is 32.1. The molecule has 0 amide bonds. The number of ether oxygens (including phenoxy) is 1. The summed E-state index contributed by atoms with van der Waals surface area (Å²) in [5.74, 6) is 1.01. The van der Waals surface area contributed by atoms with Crippen LogP contribution in [0.1, 0.15) is 12.5 Å². The Balaban J connectivity index is 2.67. The molecule has 13 heavy (non-hydrogen) atoms. The van der Waals surface area contributed by atoms with Gasteiger partial charge in [-0.3, -0.25) is 0 Å². The molecule has 0 N–H and O–H groups in total. The number of hydrogen-bond donors (Lipinski definition) is 0. The first-order valence-corrected chi connectivity index (χ1v) is 5.27. The average molecular weight is 192 g/mol. The topological polar surface area (TPSA) is 9.23 Å². The van der Waals surface area contributed by atoms with Gasteiger partial charge in [0.15, 0.2) is 0 Å². The van der Waals surface area contributed by atoms with E-state index in [0.29, 0.717) is 0 Å². The molecule has 0 radical (unpaired) electrons. The minimum atomic E-state index is 1.01. The quantitative estimate of drug-likeness (QED) is 0.708. The second-order valence-corrected chi connectivity index (χ2v) is 3.92. The molecule has 1 aromatic heterocycles. The molecule has 0 unspecified atom stereocenters. The van der Waals surface area contributed by atoms with Crippen LogP contribution < -0.4 is 4.74 Å². The van der Waals surface area contributed by atoms with Crippen LogP contribution >= 0.6 is 11.3 Å². The molecule has 0 aliphatic rings. The second-order valence-electron chi connectivity index (χ2n) is 2.98. The highest BCUT2D eigenvalue weighted by Crippen LogP contribution is 2.29. The third-order valence-electron chi connectivity index (χ3n) is 2.24. The maximum atomic E-state index is 5.32. The van der Waals surface area contributed by atoms with Gasteiger partial charge in [0.25, 0.3) is 0 Å². The van der Waals surface area contributed by atoms with Crippen molar-refractivity contribution in [1.82, 2.24) is 0 Å². The summed E-state index contributed by atoms with van der Waals surface area (Å²) in [5, 5.41) is 3.44. The SMILES string of the molecule is CCc1cc2ccsc2cc1OC. The molecule has 0 atom stereocenters. The molecule has 0 spiro atoms. The van der Waals surface area contributed by atoms with Crippen molar-refractivity contribution in [3.05, 3.63) is 29.1 Å². The maximum Gasteiger partial charge on any atom is 0.123 e. The van der Waals surface area contributed by atoms with Crippen molar-refractivity contribution < 1.29 is 4.74 Å². The summed E-state index contributed by atoms with van der Waals surface area (Å²) in [6, 6.07) is 6.49. The molecule has 0 aliphatic heterocycles. The van der Waals surface area contributed by atoms with Crippen LogP contribution in [0, 0.1) is 0 Å². The van der Waals surface area contributed by atoms with Crippen molar-refractivity contribution >= 4 is 21.4 Å².